The maximum atomic E-state index is 12.4. The van der Waals surface area contributed by atoms with Gasteiger partial charge < -0.3 is 4.90 Å². The molecule has 21 heavy (non-hydrogen) atoms. The SMILES string of the molecule is CCCCCC[C@]1(C)CC(=O)/C(=C/c2ccccc2)N1C. The Balaban J connectivity index is 2.09. The Labute approximate surface area is 128 Å². The van der Waals surface area contributed by atoms with Crippen molar-refractivity contribution in [3.05, 3.63) is 41.6 Å². The molecule has 2 nitrogen and oxygen atoms in total. The van der Waals surface area contributed by atoms with Crippen molar-refractivity contribution >= 4 is 11.9 Å². The molecule has 0 spiro atoms. The first kappa shape index (κ1) is 15.8. The summed E-state index contributed by atoms with van der Waals surface area (Å²) in [7, 11) is 2.07. The molecule has 0 N–H and O–H groups in total. The van der Waals surface area contributed by atoms with Crippen LogP contribution in [0.1, 0.15) is 57.9 Å². The van der Waals surface area contributed by atoms with E-state index in [1.54, 1.807) is 0 Å². The molecule has 0 bridgehead atoms. The number of hydrogen-bond acceptors (Lipinski definition) is 2. The minimum atomic E-state index is -0.00849. The summed E-state index contributed by atoms with van der Waals surface area (Å²) < 4.78 is 0. The van der Waals surface area contributed by atoms with Crippen molar-refractivity contribution in [2.75, 3.05) is 7.05 Å². The summed E-state index contributed by atoms with van der Waals surface area (Å²) in [5, 5.41) is 0. The molecule has 1 fully saturated rings. The van der Waals surface area contributed by atoms with Crippen LogP contribution >= 0.6 is 0 Å². The molecule has 0 saturated carbocycles. The topological polar surface area (TPSA) is 20.3 Å². The number of likely N-dealkylation sites (tertiary alicyclic amines) is 1. The highest BCUT2D eigenvalue weighted by molar-refractivity contribution is 6.02. The van der Waals surface area contributed by atoms with Crippen molar-refractivity contribution in [3.63, 3.8) is 0 Å². The molecule has 114 valence electrons. The Morgan fingerprint density at radius 3 is 2.57 bits per heavy atom. The van der Waals surface area contributed by atoms with E-state index in [-0.39, 0.29) is 11.3 Å². The van der Waals surface area contributed by atoms with Crippen molar-refractivity contribution in [1.29, 1.82) is 0 Å². The summed E-state index contributed by atoms with van der Waals surface area (Å²) in [5.74, 6) is 0.277. The van der Waals surface area contributed by atoms with Crippen LogP contribution < -0.4 is 0 Å². The summed E-state index contributed by atoms with van der Waals surface area (Å²) >= 11 is 0. The van der Waals surface area contributed by atoms with Crippen LogP contribution in [-0.4, -0.2) is 23.3 Å². The number of likely N-dealkylation sites (N-methyl/N-ethyl adjacent to an activating group) is 1. The molecular formula is C19H27NO. The first-order valence-corrected chi connectivity index (χ1v) is 8.10. The second-order valence-electron chi connectivity index (χ2n) is 6.41. The molecule has 1 aromatic carbocycles. The van der Waals surface area contributed by atoms with Crippen molar-refractivity contribution in [1.82, 2.24) is 4.90 Å². The number of nitrogens with zero attached hydrogens (tertiary/aromatic N) is 1. The lowest BCUT2D eigenvalue weighted by molar-refractivity contribution is -0.114. The van der Waals surface area contributed by atoms with E-state index < -0.39 is 0 Å². The number of benzene rings is 1. The summed E-state index contributed by atoms with van der Waals surface area (Å²) in [5.41, 5.74) is 1.95. The van der Waals surface area contributed by atoms with Crippen LogP contribution in [-0.2, 0) is 4.79 Å². The van der Waals surface area contributed by atoms with Gasteiger partial charge in [0.05, 0.1) is 5.70 Å². The number of rotatable bonds is 6. The third-order valence-corrected chi connectivity index (χ3v) is 4.67. The van der Waals surface area contributed by atoms with Gasteiger partial charge in [0.2, 0.25) is 0 Å². The second-order valence-corrected chi connectivity index (χ2v) is 6.41. The average molecular weight is 285 g/mol. The lowest BCUT2D eigenvalue weighted by Gasteiger charge is -2.33. The Morgan fingerprint density at radius 1 is 1.19 bits per heavy atom. The van der Waals surface area contributed by atoms with Gasteiger partial charge in [0.15, 0.2) is 5.78 Å². The van der Waals surface area contributed by atoms with Crippen LogP contribution in [0.25, 0.3) is 6.08 Å². The minimum Gasteiger partial charge on any atom is -0.366 e. The highest BCUT2D eigenvalue weighted by Crippen LogP contribution is 2.37. The minimum absolute atomic E-state index is 0.00849. The third kappa shape index (κ3) is 3.75. The van der Waals surface area contributed by atoms with Gasteiger partial charge in [-0.3, -0.25) is 4.79 Å². The maximum Gasteiger partial charge on any atom is 0.181 e. The van der Waals surface area contributed by atoms with Gasteiger partial charge in [0.1, 0.15) is 0 Å². The van der Waals surface area contributed by atoms with Gasteiger partial charge in [-0.25, -0.2) is 0 Å². The number of hydrogen-bond donors (Lipinski definition) is 0. The summed E-state index contributed by atoms with van der Waals surface area (Å²) in [6.07, 6.45) is 8.80. The van der Waals surface area contributed by atoms with Gasteiger partial charge in [-0.2, -0.15) is 0 Å². The van der Waals surface area contributed by atoms with E-state index in [9.17, 15) is 4.79 Å². The smallest absolute Gasteiger partial charge is 0.181 e. The monoisotopic (exact) mass is 285 g/mol. The quantitative estimate of drug-likeness (QED) is 0.559. The van der Waals surface area contributed by atoms with Crippen LogP contribution in [0.15, 0.2) is 36.0 Å². The van der Waals surface area contributed by atoms with Crippen molar-refractivity contribution in [2.45, 2.75) is 57.9 Å². The normalized spacial score (nSPS) is 24.0. The van der Waals surface area contributed by atoms with Crippen molar-refractivity contribution in [2.24, 2.45) is 0 Å². The molecule has 0 amide bonds. The lowest BCUT2D eigenvalue weighted by atomic mass is 9.91. The number of unbranched alkanes of at least 4 members (excludes halogenated alkanes) is 3. The van der Waals surface area contributed by atoms with E-state index in [0.717, 1.165) is 17.7 Å². The standard InChI is InChI=1S/C19H27NO/c1-4-5-6-10-13-19(2)15-18(21)17(20(19)3)14-16-11-8-7-9-12-16/h7-9,11-12,14H,4-6,10,13,15H2,1-3H3/b17-14-/t19-/m1/s1. The first-order valence-electron chi connectivity index (χ1n) is 8.10. The molecular weight excluding hydrogens is 258 g/mol. The number of Topliss-reactive ketones (excluding diaryl/α,β-unsaturated/α-hetero) is 1. The fraction of sp³-hybridized carbons (Fsp3) is 0.526. The Kier molecular flexibility index (Phi) is 5.22. The lowest BCUT2D eigenvalue weighted by Crippen LogP contribution is -2.37. The van der Waals surface area contributed by atoms with Gasteiger partial charge in [-0.15, -0.1) is 0 Å². The number of allylic oxidation sites excluding steroid dienone is 1. The Bertz CT molecular complexity index is 506. The van der Waals surface area contributed by atoms with Crippen molar-refractivity contribution in [3.8, 4) is 0 Å². The summed E-state index contributed by atoms with van der Waals surface area (Å²) in [4.78, 5) is 14.6. The van der Waals surface area contributed by atoms with E-state index in [1.165, 1.54) is 25.7 Å². The third-order valence-electron chi connectivity index (χ3n) is 4.67. The van der Waals surface area contributed by atoms with Gasteiger partial charge >= 0.3 is 0 Å². The predicted molar refractivity (Wildman–Crippen MR) is 89.0 cm³/mol. The molecule has 1 heterocycles. The van der Waals surface area contributed by atoms with Gasteiger partial charge in [-0.1, -0.05) is 62.9 Å². The first-order chi connectivity index (χ1) is 10.1. The molecule has 1 saturated heterocycles. The van der Waals surface area contributed by atoms with Crippen LogP contribution in [0.4, 0.5) is 0 Å². The number of carbonyl (C=O) groups excluding carboxylic acids is 1. The van der Waals surface area contributed by atoms with Crippen LogP contribution in [0.2, 0.25) is 0 Å². The number of carbonyl (C=O) groups is 1. The molecule has 0 radical (unpaired) electrons. The largest absolute Gasteiger partial charge is 0.366 e. The molecule has 1 aliphatic rings. The van der Waals surface area contributed by atoms with Gasteiger partial charge in [-0.05, 0) is 25.0 Å². The molecule has 0 aliphatic carbocycles. The fourth-order valence-electron chi connectivity index (χ4n) is 3.11. The van der Waals surface area contributed by atoms with E-state index in [4.69, 9.17) is 0 Å². The zero-order valence-electron chi connectivity index (χ0n) is 13.6. The Morgan fingerprint density at radius 2 is 1.90 bits per heavy atom. The summed E-state index contributed by atoms with van der Waals surface area (Å²) in [6.45, 7) is 4.45. The van der Waals surface area contributed by atoms with E-state index in [2.05, 4.69) is 25.8 Å². The van der Waals surface area contributed by atoms with Crippen LogP contribution in [0, 0.1) is 0 Å². The molecule has 1 aliphatic heterocycles. The van der Waals surface area contributed by atoms with Gasteiger partial charge in [0, 0.05) is 19.0 Å². The zero-order valence-corrected chi connectivity index (χ0v) is 13.6. The molecule has 0 unspecified atom stereocenters. The fourth-order valence-corrected chi connectivity index (χ4v) is 3.11. The zero-order chi connectivity index (χ0) is 15.3. The van der Waals surface area contributed by atoms with E-state index >= 15 is 0 Å². The second kappa shape index (κ2) is 6.93. The predicted octanol–water partition coefficient (Wildman–Crippen LogP) is 4.66. The van der Waals surface area contributed by atoms with Crippen LogP contribution in [0.5, 0.6) is 0 Å². The average Bonchev–Trinajstić information content (AvgIpc) is 2.69. The number of ketones is 1. The Hall–Kier alpha value is -1.57. The van der Waals surface area contributed by atoms with Crippen LogP contribution in [0.3, 0.4) is 0 Å². The maximum absolute atomic E-state index is 12.4. The summed E-state index contributed by atoms with van der Waals surface area (Å²) in [6, 6.07) is 10.1. The molecule has 2 rings (SSSR count). The van der Waals surface area contributed by atoms with E-state index in [0.29, 0.717) is 6.42 Å². The molecule has 1 atom stereocenters. The highest BCUT2D eigenvalue weighted by Gasteiger charge is 2.41. The van der Waals surface area contributed by atoms with Crippen molar-refractivity contribution < 1.29 is 4.79 Å². The van der Waals surface area contributed by atoms with Gasteiger partial charge in [0.25, 0.3) is 0 Å². The highest BCUT2D eigenvalue weighted by atomic mass is 16.1. The molecule has 1 aromatic rings. The molecule has 0 aromatic heterocycles. The molecule has 2 heteroatoms. The van der Waals surface area contributed by atoms with E-state index in [1.807, 2.05) is 36.4 Å².